The predicted molar refractivity (Wildman–Crippen MR) is 88.3 cm³/mol. The molecule has 1 saturated heterocycles. The lowest BCUT2D eigenvalue weighted by atomic mass is 9.95. The fourth-order valence-corrected chi connectivity index (χ4v) is 3.07. The number of piperidine rings is 1. The van der Waals surface area contributed by atoms with E-state index < -0.39 is 0 Å². The van der Waals surface area contributed by atoms with E-state index in [9.17, 15) is 9.59 Å². The maximum atomic E-state index is 12.3. The van der Waals surface area contributed by atoms with Gasteiger partial charge in [-0.3, -0.25) is 4.79 Å². The molecule has 0 bridgehead atoms. The van der Waals surface area contributed by atoms with Crippen LogP contribution in [0.4, 0.5) is 10.5 Å². The van der Waals surface area contributed by atoms with Gasteiger partial charge in [0, 0.05) is 24.5 Å². The molecule has 3 amide bonds. The highest BCUT2D eigenvalue weighted by atomic mass is 35.5. The van der Waals surface area contributed by atoms with Crippen LogP contribution in [-0.4, -0.2) is 29.9 Å². The molecule has 0 aliphatic carbocycles. The Balaban J connectivity index is 2.02. The van der Waals surface area contributed by atoms with Crippen molar-refractivity contribution < 1.29 is 9.59 Å². The molecule has 5 nitrogen and oxygen atoms in total. The molecule has 1 heterocycles. The molecular formula is C15H19Cl2N3O2. The Morgan fingerprint density at radius 2 is 2.09 bits per heavy atom. The zero-order chi connectivity index (χ0) is 16.3. The van der Waals surface area contributed by atoms with Gasteiger partial charge in [-0.05, 0) is 43.4 Å². The average molecular weight is 344 g/mol. The summed E-state index contributed by atoms with van der Waals surface area (Å²) in [6.45, 7) is 3.02. The summed E-state index contributed by atoms with van der Waals surface area (Å²) < 4.78 is 0. The number of nitrogens with two attached hydrogens (primary N) is 1. The minimum atomic E-state index is -0.333. The van der Waals surface area contributed by atoms with Crippen molar-refractivity contribution >= 4 is 40.8 Å². The lowest BCUT2D eigenvalue weighted by Gasteiger charge is -2.32. The van der Waals surface area contributed by atoms with E-state index in [4.69, 9.17) is 28.9 Å². The number of likely N-dealkylation sites (tertiary alicyclic amines) is 1. The molecule has 7 heteroatoms. The normalized spacial score (nSPS) is 18.1. The van der Waals surface area contributed by atoms with Gasteiger partial charge in [0.1, 0.15) is 0 Å². The number of nitrogens with zero attached hydrogens (tertiary/aromatic N) is 1. The molecule has 1 aromatic carbocycles. The highest BCUT2D eigenvalue weighted by Gasteiger charge is 2.25. The Kier molecular flexibility index (Phi) is 5.53. The number of halogens is 2. The number of carbonyl (C=O) groups excluding carboxylic acids is 2. The first-order valence-electron chi connectivity index (χ1n) is 7.16. The van der Waals surface area contributed by atoms with E-state index in [1.807, 2.05) is 6.92 Å². The van der Waals surface area contributed by atoms with E-state index in [0.717, 1.165) is 18.4 Å². The van der Waals surface area contributed by atoms with E-state index in [1.54, 1.807) is 17.0 Å². The third-order valence-electron chi connectivity index (χ3n) is 3.79. The van der Waals surface area contributed by atoms with Crippen LogP contribution in [0.25, 0.3) is 0 Å². The number of benzene rings is 1. The largest absolute Gasteiger partial charge is 0.370 e. The van der Waals surface area contributed by atoms with Gasteiger partial charge in [0.15, 0.2) is 0 Å². The Bertz CT molecular complexity index is 592. The molecule has 0 saturated carbocycles. The zero-order valence-corrected chi connectivity index (χ0v) is 13.9. The van der Waals surface area contributed by atoms with Crippen molar-refractivity contribution in [2.24, 2.45) is 11.7 Å². The molecule has 1 aliphatic rings. The number of primary amides is 1. The van der Waals surface area contributed by atoms with Crippen molar-refractivity contribution in [2.45, 2.75) is 26.2 Å². The third-order valence-corrected chi connectivity index (χ3v) is 4.51. The molecule has 1 unspecified atom stereocenters. The summed E-state index contributed by atoms with van der Waals surface area (Å²) >= 11 is 12.2. The van der Waals surface area contributed by atoms with Gasteiger partial charge in [0.25, 0.3) is 0 Å². The summed E-state index contributed by atoms with van der Waals surface area (Å²) in [5.74, 6) is -0.213. The smallest absolute Gasteiger partial charge is 0.321 e. The second-order valence-corrected chi connectivity index (χ2v) is 6.45. The summed E-state index contributed by atoms with van der Waals surface area (Å²) in [5, 5.41) is 3.77. The van der Waals surface area contributed by atoms with Gasteiger partial charge < -0.3 is 16.0 Å². The summed E-state index contributed by atoms with van der Waals surface area (Å²) in [4.78, 5) is 25.0. The molecule has 1 aliphatic heterocycles. The van der Waals surface area contributed by atoms with Gasteiger partial charge in [0.05, 0.1) is 10.7 Å². The first kappa shape index (κ1) is 16.9. The van der Waals surface area contributed by atoms with Gasteiger partial charge >= 0.3 is 6.03 Å². The second kappa shape index (κ2) is 7.20. The average Bonchev–Trinajstić information content (AvgIpc) is 2.44. The highest BCUT2D eigenvalue weighted by Crippen LogP contribution is 2.29. The van der Waals surface area contributed by atoms with Crippen molar-refractivity contribution in [2.75, 3.05) is 18.4 Å². The van der Waals surface area contributed by atoms with Crippen molar-refractivity contribution in [3.8, 4) is 0 Å². The topological polar surface area (TPSA) is 75.4 Å². The van der Waals surface area contributed by atoms with Crippen molar-refractivity contribution in [1.82, 2.24) is 4.90 Å². The Hall–Kier alpha value is -1.46. The van der Waals surface area contributed by atoms with E-state index in [0.29, 0.717) is 35.2 Å². The van der Waals surface area contributed by atoms with Crippen LogP contribution in [0.1, 0.15) is 24.8 Å². The lowest BCUT2D eigenvalue weighted by molar-refractivity contribution is -0.119. The molecule has 0 aromatic heterocycles. The molecule has 1 atom stereocenters. The standard InChI is InChI=1S/C15H19Cl2N3O2/c1-9-5-12(17)13(7-11(9)16)19-15(22)20-4-2-3-10(8-20)6-14(18)21/h5,7,10H,2-4,6,8H2,1H3,(H2,18,21)(H,19,22). The number of aryl methyl sites for hydroxylation is 1. The Morgan fingerprint density at radius 3 is 2.77 bits per heavy atom. The van der Waals surface area contributed by atoms with E-state index in [2.05, 4.69) is 5.32 Å². The van der Waals surface area contributed by atoms with Crippen LogP contribution < -0.4 is 11.1 Å². The zero-order valence-electron chi connectivity index (χ0n) is 12.4. The van der Waals surface area contributed by atoms with Crippen molar-refractivity contribution in [3.63, 3.8) is 0 Å². The number of carbonyl (C=O) groups is 2. The molecular weight excluding hydrogens is 325 g/mol. The monoisotopic (exact) mass is 343 g/mol. The molecule has 0 spiro atoms. The van der Waals surface area contributed by atoms with Crippen LogP contribution in [-0.2, 0) is 4.79 Å². The first-order chi connectivity index (χ1) is 10.4. The van der Waals surface area contributed by atoms with E-state index >= 15 is 0 Å². The van der Waals surface area contributed by atoms with Crippen molar-refractivity contribution in [3.05, 3.63) is 27.7 Å². The summed E-state index contributed by atoms with van der Waals surface area (Å²) in [6, 6.07) is 3.11. The minimum absolute atomic E-state index is 0.120. The molecule has 1 fully saturated rings. The molecule has 0 radical (unpaired) electrons. The number of amides is 3. The van der Waals surface area contributed by atoms with Gasteiger partial charge in [-0.15, -0.1) is 0 Å². The van der Waals surface area contributed by atoms with Gasteiger partial charge in [-0.2, -0.15) is 0 Å². The number of hydrogen-bond acceptors (Lipinski definition) is 2. The SMILES string of the molecule is Cc1cc(Cl)c(NC(=O)N2CCCC(CC(N)=O)C2)cc1Cl. The quantitative estimate of drug-likeness (QED) is 0.882. The Labute approximate surface area is 139 Å². The highest BCUT2D eigenvalue weighted by molar-refractivity contribution is 6.36. The van der Waals surface area contributed by atoms with Crippen LogP contribution in [0.15, 0.2) is 12.1 Å². The minimum Gasteiger partial charge on any atom is -0.370 e. The Morgan fingerprint density at radius 1 is 1.36 bits per heavy atom. The number of anilines is 1. The molecule has 2 rings (SSSR count). The fourth-order valence-electron chi connectivity index (χ4n) is 2.64. The first-order valence-corrected chi connectivity index (χ1v) is 7.92. The van der Waals surface area contributed by atoms with Crippen LogP contribution in [0.3, 0.4) is 0 Å². The third kappa shape index (κ3) is 4.27. The number of nitrogens with one attached hydrogen (secondary N) is 1. The predicted octanol–water partition coefficient (Wildman–Crippen LogP) is 3.42. The van der Waals surface area contributed by atoms with Crippen LogP contribution >= 0.6 is 23.2 Å². The summed E-state index contributed by atoms with van der Waals surface area (Å²) in [5.41, 5.74) is 6.57. The van der Waals surface area contributed by atoms with Gasteiger partial charge in [0.2, 0.25) is 5.91 Å². The lowest BCUT2D eigenvalue weighted by Crippen LogP contribution is -2.43. The molecule has 22 heavy (non-hydrogen) atoms. The van der Waals surface area contributed by atoms with Crippen LogP contribution in [0, 0.1) is 12.8 Å². The molecule has 1 aromatic rings. The fraction of sp³-hybridized carbons (Fsp3) is 0.467. The van der Waals surface area contributed by atoms with Crippen LogP contribution in [0.2, 0.25) is 10.0 Å². The summed E-state index contributed by atoms with van der Waals surface area (Å²) in [7, 11) is 0. The number of rotatable bonds is 3. The summed E-state index contributed by atoms with van der Waals surface area (Å²) in [6.07, 6.45) is 2.07. The number of urea groups is 1. The molecule has 3 N–H and O–H groups in total. The van der Waals surface area contributed by atoms with Crippen molar-refractivity contribution in [1.29, 1.82) is 0 Å². The second-order valence-electron chi connectivity index (χ2n) is 5.64. The van der Waals surface area contributed by atoms with Gasteiger partial charge in [-0.25, -0.2) is 4.79 Å². The van der Waals surface area contributed by atoms with E-state index in [-0.39, 0.29) is 17.9 Å². The number of hydrogen-bond donors (Lipinski definition) is 2. The maximum absolute atomic E-state index is 12.3. The maximum Gasteiger partial charge on any atom is 0.321 e. The van der Waals surface area contributed by atoms with Crippen LogP contribution in [0.5, 0.6) is 0 Å². The molecule has 120 valence electrons. The van der Waals surface area contributed by atoms with Gasteiger partial charge in [-0.1, -0.05) is 23.2 Å². The van der Waals surface area contributed by atoms with E-state index in [1.165, 1.54) is 0 Å².